The maximum atomic E-state index is 5.82. The Kier molecular flexibility index (Phi) is 4.20. The van der Waals surface area contributed by atoms with E-state index in [1.807, 2.05) is 55.5 Å². The first-order valence-corrected chi connectivity index (χ1v) is 6.02. The maximum absolute atomic E-state index is 5.82. The highest BCUT2D eigenvalue weighted by atomic mass is 16.5. The second-order valence-corrected chi connectivity index (χ2v) is 3.83. The Hall–Kier alpha value is -2.00. The van der Waals surface area contributed by atoms with Gasteiger partial charge in [-0.25, -0.2) is 0 Å². The molecule has 2 aromatic carbocycles. The van der Waals surface area contributed by atoms with Crippen LogP contribution in [0.15, 0.2) is 48.5 Å². The van der Waals surface area contributed by atoms with E-state index >= 15 is 0 Å². The predicted molar refractivity (Wildman–Crippen MR) is 72.0 cm³/mol. The molecule has 2 N–H and O–H groups in total. The molecule has 2 rings (SSSR count). The number of benzene rings is 2. The Labute approximate surface area is 107 Å². The lowest BCUT2D eigenvalue weighted by Crippen LogP contribution is -1.97. The third-order valence-electron chi connectivity index (χ3n) is 2.51. The lowest BCUT2D eigenvalue weighted by molar-refractivity contribution is 0.321. The number of hydrogen-bond acceptors (Lipinski definition) is 3. The topological polar surface area (TPSA) is 44.5 Å². The average molecular weight is 243 g/mol. The van der Waals surface area contributed by atoms with Gasteiger partial charge in [0.25, 0.3) is 0 Å². The van der Waals surface area contributed by atoms with Crippen LogP contribution in [-0.2, 0) is 6.54 Å². The van der Waals surface area contributed by atoms with Crippen LogP contribution in [0.3, 0.4) is 0 Å². The van der Waals surface area contributed by atoms with E-state index in [0.717, 1.165) is 17.1 Å². The van der Waals surface area contributed by atoms with E-state index < -0.39 is 0 Å². The minimum Gasteiger partial charge on any atom is -0.490 e. The molecule has 0 radical (unpaired) electrons. The molecule has 0 unspecified atom stereocenters. The highest BCUT2D eigenvalue weighted by molar-refractivity contribution is 5.43. The monoisotopic (exact) mass is 243 g/mol. The predicted octanol–water partition coefficient (Wildman–Crippen LogP) is 3.34. The van der Waals surface area contributed by atoms with Gasteiger partial charge in [0, 0.05) is 6.54 Å². The first-order valence-electron chi connectivity index (χ1n) is 6.02. The lowest BCUT2D eigenvalue weighted by Gasteiger charge is -2.11. The Morgan fingerprint density at radius 1 is 1.00 bits per heavy atom. The van der Waals surface area contributed by atoms with Crippen molar-refractivity contribution in [3.8, 4) is 17.2 Å². The van der Waals surface area contributed by atoms with Crippen molar-refractivity contribution in [1.29, 1.82) is 0 Å². The highest BCUT2D eigenvalue weighted by Gasteiger charge is 2.05. The fourth-order valence-electron chi connectivity index (χ4n) is 1.67. The summed E-state index contributed by atoms with van der Waals surface area (Å²) in [6, 6.07) is 15.4. The quantitative estimate of drug-likeness (QED) is 0.876. The van der Waals surface area contributed by atoms with Crippen molar-refractivity contribution in [1.82, 2.24) is 0 Å². The van der Waals surface area contributed by atoms with Crippen molar-refractivity contribution in [2.24, 2.45) is 5.73 Å². The van der Waals surface area contributed by atoms with Crippen LogP contribution in [0, 0.1) is 0 Å². The van der Waals surface area contributed by atoms with Crippen LogP contribution in [0.5, 0.6) is 17.2 Å². The van der Waals surface area contributed by atoms with Gasteiger partial charge in [0.15, 0.2) is 11.5 Å². The van der Waals surface area contributed by atoms with E-state index in [1.54, 1.807) is 0 Å². The third kappa shape index (κ3) is 3.02. The number of para-hydroxylation sites is 2. The smallest absolute Gasteiger partial charge is 0.169 e. The highest BCUT2D eigenvalue weighted by Crippen LogP contribution is 2.31. The molecule has 0 fully saturated rings. The number of rotatable bonds is 5. The molecule has 0 aliphatic rings. The van der Waals surface area contributed by atoms with Gasteiger partial charge in [-0.15, -0.1) is 0 Å². The normalized spacial score (nSPS) is 10.1. The van der Waals surface area contributed by atoms with Crippen molar-refractivity contribution in [2.45, 2.75) is 13.5 Å². The van der Waals surface area contributed by atoms with Gasteiger partial charge >= 0.3 is 0 Å². The van der Waals surface area contributed by atoms with Crippen LogP contribution >= 0.6 is 0 Å². The molecule has 0 aromatic heterocycles. The summed E-state index contributed by atoms with van der Waals surface area (Å²) in [5, 5.41) is 0. The van der Waals surface area contributed by atoms with Crippen molar-refractivity contribution >= 4 is 0 Å². The summed E-state index contributed by atoms with van der Waals surface area (Å²) < 4.78 is 11.3. The third-order valence-corrected chi connectivity index (χ3v) is 2.51. The molecule has 3 nitrogen and oxygen atoms in total. The van der Waals surface area contributed by atoms with Gasteiger partial charge in [-0.1, -0.05) is 24.3 Å². The van der Waals surface area contributed by atoms with E-state index in [0.29, 0.717) is 18.9 Å². The Balaban J connectivity index is 2.22. The van der Waals surface area contributed by atoms with Crippen molar-refractivity contribution in [2.75, 3.05) is 6.61 Å². The van der Waals surface area contributed by atoms with E-state index in [2.05, 4.69) is 0 Å². The van der Waals surface area contributed by atoms with Gasteiger partial charge in [-0.05, 0) is 36.8 Å². The standard InChI is InChI=1S/C15H17NO2/c1-2-17-14-8-3-4-9-15(14)18-13-7-5-6-12(10-13)11-16/h3-10H,2,11,16H2,1H3. The van der Waals surface area contributed by atoms with Gasteiger partial charge in [0.1, 0.15) is 5.75 Å². The minimum absolute atomic E-state index is 0.504. The van der Waals surface area contributed by atoms with E-state index in [1.165, 1.54) is 0 Å². The zero-order valence-corrected chi connectivity index (χ0v) is 10.4. The summed E-state index contributed by atoms with van der Waals surface area (Å²) in [7, 11) is 0. The first-order chi connectivity index (χ1) is 8.83. The summed E-state index contributed by atoms with van der Waals surface area (Å²) in [6.07, 6.45) is 0. The summed E-state index contributed by atoms with van der Waals surface area (Å²) in [5.41, 5.74) is 6.65. The van der Waals surface area contributed by atoms with Crippen molar-refractivity contribution < 1.29 is 9.47 Å². The molecule has 2 aromatic rings. The van der Waals surface area contributed by atoms with Crippen LogP contribution in [0.25, 0.3) is 0 Å². The summed E-state index contributed by atoms with van der Waals surface area (Å²) in [6.45, 7) is 3.07. The Morgan fingerprint density at radius 3 is 2.50 bits per heavy atom. The second kappa shape index (κ2) is 6.07. The summed E-state index contributed by atoms with van der Waals surface area (Å²) in [4.78, 5) is 0. The average Bonchev–Trinajstić information content (AvgIpc) is 2.41. The van der Waals surface area contributed by atoms with Gasteiger partial charge in [-0.3, -0.25) is 0 Å². The van der Waals surface area contributed by atoms with Crippen LogP contribution in [0.2, 0.25) is 0 Å². The largest absolute Gasteiger partial charge is 0.490 e. The van der Waals surface area contributed by atoms with Crippen LogP contribution in [0.4, 0.5) is 0 Å². The molecule has 0 bridgehead atoms. The molecule has 3 heteroatoms. The van der Waals surface area contributed by atoms with Crippen molar-refractivity contribution in [3.63, 3.8) is 0 Å². The maximum Gasteiger partial charge on any atom is 0.169 e. The van der Waals surface area contributed by atoms with E-state index in [-0.39, 0.29) is 0 Å². The molecule has 94 valence electrons. The SMILES string of the molecule is CCOc1ccccc1Oc1cccc(CN)c1. The lowest BCUT2D eigenvalue weighted by atomic mass is 10.2. The van der Waals surface area contributed by atoms with Crippen molar-refractivity contribution in [3.05, 3.63) is 54.1 Å². The minimum atomic E-state index is 0.504. The molecule has 0 aliphatic carbocycles. The molecule has 0 heterocycles. The van der Waals surface area contributed by atoms with Crippen LogP contribution in [-0.4, -0.2) is 6.61 Å². The molecule has 0 spiro atoms. The Morgan fingerprint density at radius 2 is 1.78 bits per heavy atom. The molecular weight excluding hydrogens is 226 g/mol. The molecule has 0 aliphatic heterocycles. The van der Waals surface area contributed by atoms with Gasteiger partial charge in [0.05, 0.1) is 6.61 Å². The number of nitrogens with two attached hydrogens (primary N) is 1. The second-order valence-electron chi connectivity index (χ2n) is 3.83. The molecule has 0 saturated carbocycles. The molecule has 0 saturated heterocycles. The fraction of sp³-hybridized carbons (Fsp3) is 0.200. The molecule has 0 amide bonds. The van der Waals surface area contributed by atoms with Crippen LogP contribution in [0.1, 0.15) is 12.5 Å². The molecule has 18 heavy (non-hydrogen) atoms. The summed E-state index contributed by atoms with van der Waals surface area (Å²) in [5.74, 6) is 2.23. The fourth-order valence-corrected chi connectivity index (χ4v) is 1.67. The molecular formula is C15H17NO2. The summed E-state index contributed by atoms with van der Waals surface area (Å²) >= 11 is 0. The number of hydrogen-bond donors (Lipinski definition) is 1. The van der Waals surface area contributed by atoms with E-state index in [4.69, 9.17) is 15.2 Å². The zero-order chi connectivity index (χ0) is 12.8. The van der Waals surface area contributed by atoms with Gasteiger partial charge < -0.3 is 15.2 Å². The Bertz CT molecular complexity index is 511. The van der Waals surface area contributed by atoms with E-state index in [9.17, 15) is 0 Å². The molecule has 0 atom stereocenters. The first kappa shape index (κ1) is 12.5. The van der Waals surface area contributed by atoms with Crippen LogP contribution < -0.4 is 15.2 Å². The van der Waals surface area contributed by atoms with Gasteiger partial charge in [0.2, 0.25) is 0 Å². The zero-order valence-electron chi connectivity index (χ0n) is 10.4. The number of ether oxygens (including phenoxy) is 2. The van der Waals surface area contributed by atoms with Gasteiger partial charge in [-0.2, -0.15) is 0 Å².